The van der Waals surface area contributed by atoms with E-state index in [1.807, 2.05) is 6.92 Å². The van der Waals surface area contributed by atoms with Gasteiger partial charge in [0.15, 0.2) is 5.52 Å². The maximum Gasteiger partial charge on any atom is 0.338 e. The highest BCUT2D eigenvalue weighted by Crippen LogP contribution is 2.13. The van der Waals surface area contributed by atoms with E-state index in [1.165, 1.54) is 27.6 Å². The SMILES string of the molecule is CCOC(=O)c1ccc(NC(=O)Cn2c(=O)n(-c3ccc(C)cc3)c(=O)c3c2cnn3C)cc1. The lowest BCUT2D eigenvalue weighted by atomic mass is 10.2. The van der Waals surface area contributed by atoms with E-state index in [0.29, 0.717) is 16.9 Å². The van der Waals surface area contributed by atoms with Crippen LogP contribution < -0.4 is 16.6 Å². The fraction of sp³-hybridized carbons (Fsp3) is 0.208. The molecule has 0 bridgehead atoms. The summed E-state index contributed by atoms with van der Waals surface area (Å²) in [5.41, 5.74) is 1.47. The van der Waals surface area contributed by atoms with Crippen LogP contribution in [0.25, 0.3) is 16.7 Å². The Morgan fingerprint density at radius 3 is 2.35 bits per heavy atom. The van der Waals surface area contributed by atoms with E-state index in [-0.39, 0.29) is 24.2 Å². The van der Waals surface area contributed by atoms with Crippen LogP contribution in [0.1, 0.15) is 22.8 Å². The average molecular weight is 461 g/mol. The molecule has 0 aliphatic rings. The van der Waals surface area contributed by atoms with Crippen LogP contribution in [0, 0.1) is 6.92 Å². The number of nitrogens with zero attached hydrogens (tertiary/aromatic N) is 4. The second kappa shape index (κ2) is 9.18. The lowest BCUT2D eigenvalue weighted by Gasteiger charge is -2.13. The Labute approximate surface area is 194 Å². The average Bonchev–Trinajstić information content (AvgIpc) is 3.20. The van der Waals surface area contributed by atoms with Gasteiger partial charge >= 0.3 is 11.7 Å². The summed E-state index contributed by atoms with van der Waals surface area (Å²) in [7, 11) is 1.60. The molecule has 2 heterocycles. The van der Waals surface area contributed by atoms with Gasteiger partial charge < -0.3 is 10.1 Å². The molecule has 0 unspecified atom stereocenters. The first-order valence-electron chi connectivity index (χ1n) is 10.6. The van der Waals surface area contributed by atoms with Crippen molar-refractivity contribution in [1.82, 2.24) is 18.9 Å². The van der Waals surface area contributed by atoms with Gasteiger partial charge in [0.2, 0.25) is 5.91 Å². The Balaban J connectivity index is 1.68. The van der Waals surface area contributed by atoms with Gasteiger partial charge in [0, 0.05) is 12.7 Å². The Hall–Kier alpha value is -4.47. The lowest BCUT2D eigenvalue weighted by molar-refractivity contribution is -0.116. The molecule has 0 saturated carbocycles. The van der Waals surface area contributed by atoms with Gasteiger partial charge in [-0.2, -0.15) is 5.10 Å². The Bertz CT molecular complexity index is 1490. The first-order valence-corrected chi connectivity index (χ1v) is 10.6. The second-order valence-corrected chi connectivity index (χ2v) is 7.69. The van der Waals surface area contributed by atoms with Crippen molar-refractivity contribution in [2.45, 2.75) is 20.4 Å². The predicted molar refractivity (Wildman–Crippen MR) is 126 cm³/mol. The first kappa shape index (κ1) is 22.7. The molecule has 1 N–H and O–H groups in total. The molecule has 2 aromatic heterocycles. The summed E-state index contributed by atoms with van der Waals surface area (Å²) in [5.74, 6) is -0.936. The third-order valence-corrected chi connectivity index (χ3v) is 5.31. The van der Waals surface area contributed by atoms with Gasteiger partial charge in [-0.15, -0.1) is 0 Å². The molecule has 0 fully saturated rings. The fourth-order valence-electron chi connectivity index (χ4n) is 3.61. The number of amides is 1. The second-order valence-electron chi connectivity index (χ2n) is 7.69. The summed E-state index contributed by atoms with van der Waals surface area (Å²) < 4.78 is 8.57. The third kappa shape index (κ3) is 4.25. The van der Waals surface area contributed by atoms with E-state index in [4.69, 9.17) is 4.74 Å². The maximum absolute atomic E-state index is 13.3. The number of esters is 1. The summed E-state index contributed by atoms with van der Waals surface area (Å²) in [6, 6.07) is 13.2. The van der Waals surface area contributed by atoms with Gasteiger partial charge in [-0.05, 0) is 50.2 Å². The van der Waals surface area contributed by atoms with Crippen molar-refractivity contribution in [2.75, 3.05) is 11.9 Å². The Morgan fingerprint density at radius 2 is 1.71 bits per heavy atom. The Kier molecular flexibility index (Phi) is 6.13. The molecular weight excluding hydrogens is 438 g/mol. The number of aryl methyl sites for hydroxylation is 2. The molecule has 0 aliphatic carbocycles. The van der Waals surface area contributed by atoms with Crippen LogP contribution >= 0.6 is 0 Å². The number of rotatable bonds is 6. The number of nitrogens with one attached hydrogen (secondary N) is 1. The molecular formula is C24H23N5O5. The zero-order valence-electron chi connectivity index (χ0n) is 18.9. The highest BCUT2D eigenvalue weighted by molar-refractivity contribution is 5.93. The van der Waals surface area contributed by atoms with E-state index in [2.05, 4.69) is 10.4 Å². The van der Waals surface area contributed by atoms with Crippen LogP contribution in [0.5, 0.6) is 0 Å². The van der Waals surface area contributed by atoms with Crippen LogP contribution in [-0.4, -0.2) is 37.4 Å². The summed E-state index contributed by atoms with van der Waals surface area (Å²) in [4.78, 5) is 51.1. The fourth-order valence-corrected chi connectivity index (χ4v) is 3.61. The molecule has 34 heavy (non-hydrogen) atoms. The number of carbonyl (C=O) groups is 2. The maximum atomic E-state index is 13.3. The molecule has 0 aliphatic heterocycles. The van der Waals surface area contributed by atoms with Gasteiger partial charge in [-0.1, -0.05) is 17.7 Å². The van der Waals surface area contributed by atoms with Gasteiger partial charge in [-0.25, -0.2) is 14.2 Å². The van der Waals surface area contributed by atoms with E-state index in [9.17, 15) is 19.2 Å². The molecule has 2 aromatic carbocycles. The van der Waals surface area contributed by atoms with Crippen molar-refractivity contribution in [2.24, 2.45) is 7.05 Å². The zero-order valence-corrected chi connectivity index (χ0v) is 18.9. The highest BCUT2D eigenvalue weighted by atomic mass is 16.5. The van der Waals surface area contributed by atoms with Crippen LogP contribution in [0.2, 0.25) is 0 Å². The lowest BCUT2D eigenvalue weighted by Crippen LogP contribution is -2.41. The van der Waals surface area contributed by atoms with Crippen LogP contribution in [0.4, 0.5) is 5.69 Å². The molecule has 1 amide bonds. The first-order chi connectivity index (χ1) is 16.3. The minimum atomic E-state index is -0.651. The molecule has 0 radical (unpaired) electrons. The molecule has 174 valence electrons. The van der Waals surface area contributed by atoms with Crippen molar-refractivity contribution in [3.63, 3.8) is 0 Å². The highest BCUT2D eigenvalue weighted by Gasteiger charge is 2.19. The quantitative estimate of drug-likeness (QED) is 0.439. The molecule has 10 heteroatoms. The standard InChI is InChI=1S/C24H23N5O5/c1-4-34-23(32)16-7-9-17(10-8-16)26-20(30)14-28-19-13-25-27(3)21(19)22(31)29(24(28)33)18-11-5-15(2)6-12-18/h5-13H,4,14H2,1-3H3,(H,26,30). The third-order valence-electron chi connectivity index (χ3n) is 5.31. The number of ether oxygens (including phenoxy) is 1. The van der Waals surface area contributed by atoms with E-state index < -0.39 is 23.1 Å². The molecule has 0 spiro atoms. The molecule has 4 aromatic rings. The van der Waals surface area contributed by atoms with E-state index >= 15 is 0 Å². The van der Waals surface area contributed by atoms with Crippen LogP contribution in [0.15, 0.2) is 64.3 Å². The van der Waals surface area contributed by atoms with Gasteiger partial charge in [-0.3, -0.25) is 18.8 Å². The largest absolute Gasteiger partial charge is 0.462 e. The number of carbonyl (C=O) groups excluding carboxylic acids is 2. The minimum absolute atomic E-state index is 0.201. The molecule has 4 rings (SSSR count). The topological polar surface area (TPSA) is 117 Å². The van der Waals surface area contributed by atoms with Crippen molar-refractivity contribution in [3.8, 4) is 5.69 Å². The van der Waals surface area contributed by atoms with Crippen LogP contribution in [0.3, 0.4) is 0 Å². The predicted octanol–water partition coefficient (Wildman–Crippen LogP) is 2.01. The summed E-state index contributed by atoms with van der Waals surface area (Å²) >= 11 is 0. The smallest absolute Gasteiger partial charge is 0.338 e. The van der Waals surface area contributed by atoms with Gasteiger partial charge in [0.05, 0.1) is 29.6 Å². The monoisotopic (exact) mass is 461 g/mol. The summed E-state index contributed by atoms with van der Waals surface area (Å²) in [6.45, 7) is 3.54. The Morgan fingerprint density at radius 1 is 1.03 bits per heavy atom. The van der Waals surface area contributed by atoms with Gasteiger partial charge in [0.25, 0.3) is 5.56 Å². The minimum Gasteiger partial charge on any atom is -0.462 e. The van der Waals surface area contributed by atoms with Crippen molar-refractivity contribution >= 4 is 28.6 Å². The number of anilines is 1. The molecule has 0 saturated heterocycles. The molecule has 0 atom stereocenters. The van der Waals surface area contributed by atoms with Crippen molar-refractivity contribution in [3.05, 3.63) is 86.7 Å². The number of benzene rings is 2. The van der Waals surface area contributed by atoms with Crippen molar-refractivity contribution in [1.29, 1.82) is 0 Å². The van der Waals surface area contributed by atoms with Gasteiger partial charge in [0.1, 0.15) is 6.54 Å². The van der Waals surface area contributed by atoms with Crippen molar-refractivity contribution < 1.29 is 14.3 Å². The normalized spacial score (nSPS) is 10.9. The number of hydrogen-bond donors (Lipinski definition) is 1. The zero-order chi connectivity index (χ0) is 24.4. The molecule has 10 nitrogen and oxygen atoms in total. The summed E-state index contributed by atoms with van der Waals surface area (Å²) in [6.07, 6.45) is 1.39. The number of aromatic nitrogens is 4. The number of hydrogen-bond acceptors (Lipinski definition) is 6. The van der Waals surface area contributed by atoms with E-state index in [0.717, 1.165) is 10.1 Å². The van der Waals surface area contributed by atoms with Crippen LogP contribution in [-0.2, 0) is 23.1 Å². The number of fused-ring (bicyclic) bond motifs is 1. The summed E-state index contributed by atoms with van der Waals surface area (Å²) in [5, 5.41) is 6.81. The van der Waals surface area contributed by atoms with E-state index in [1.54, 1.807) is 50.4 Å².